The van der Waals surface area contributed by atoms with E-state index in [1.165, 1.54) is 24.2 Å². The summed E-state index contributed by atoms with van der Waals surface area (Å²) in [6.45, 7) is 1.13. The minimum atomic E-state index is -0.297. The SMILES string of the molecule is O=C(Nc1nnc(CCCOc2ccccc2)s1)[C@H]1CC(=O)N(C2CCCC2)C1. The number of likely N-dealkylation sites (tertiary alicyclic amines) is 1. The number of carbonyl (C=O) groups is 2. The Kier molecular flexibility index (Phi) is 6.39. The van der Waals surface area contributed by atoms with Gasteiger partial charge in [0.1, 0.15) is 10.8 Å². The normalized spacial score (nSPS) is 19.7. The Bertz CT molecular complexity index is 835. The summed E-state index contributed by atoms with van der Waals surface area (Å²) in [5.74, 6) is 0.535. The molecule has 0 spiro atoms. The number of nitrogens with zero attached hydrogens (tertiary/aromatic N) is 3. The van der Waals surface area contributed by atoms with Gasteiger partial charge in [0, 0.05) is 25.4 Å². The standard InChI is InChI=1S/C21H26N4O3S/c26-19-13-15(14-25(19)16-7-4-5-8-16)20(27)22-21-24-23-18(29-21)11-6-12-28-17-9-2-1-3-10-17/h1-3,9-10,15-16H,4-8,11-14H2,(H,22,24,27)/t15-/m0/s1. The lowest BCUT2D eigenvalue weighted by Crippen LogP contribution is -2.35. The van der Waals surface area contributed by atoms with Gasteiger partial charge in [0.15, 0.2) is 0 Å². The van der Waals surface area contributed by atoms with Crippen LogP contribution in [0.1, 0.15) is 43.5 Å². The molecule has 1 aromatic carbocycles. The van der Waals surface area contributed by atoms with Gasteiger partial charge >= 0.3 is 0 Å². The summed E-state index contributed by atoms with van der Waals surface area (Å²) in [4.78, 5) is 26.8. The molecule has 1 saturated heterocycles. The molecule has 1 saturated carbocycles. The number of benzene rings is 1. The Hall–Kier alpha value is -2.48. The van der Waals surface area contributed by atoms with Crippen molar-refractivity contribution in [1.29, 1.82) is 0 Å². The Morgan fingerprint density at radius 3 is 2.79 bits per heavy atom. The Labute approximate surface area is 174 Å². The third-order valence-electron chi connectivity index (χ3n) is 5.54. The fourth-order valence-corrected chi connectivity index (χ4v) is 4.80. The molecule has 2 aliphatic rings. The van der Waals surface area contributed by atoms with Crippen LogP contribution in [-0.4, -0.2) is 46.1 Å². The predicted molar refractivity (Wildman–Crippen MR) is 111 cm³/mol. The van der Waals surface area contributed by atoms with E-state index in [-0.39, 0.29) is 17.7 Å². The first-order chi connectivity index (χ1) is 14.2. The fraction of sp³-hybridized carbons (Fsp3) is 0.524. The number of aromatic nitrogens is 2. The van der Waals surface area contributed by atoms with Crippen LogP contribution in [0, 0.1) is 5.92 Å². The first-order valence-corrected chi connectivity index (χ1v) is 11.1. The number of hydrogen-bond donors (Lipinski definition) is 1. The summed E-state index contributed by atoms with van der Waals surface area (Å²) < 4.78 is 5.68. The van der Waals surface area contributed by atoms with Crippen LogP contribution in [-0.2, 0) is 16.0 Å². The zero-order valence-corrected chi connectivity index (χ0v) is 17.2. The smallest absolute Gasteiger partial charge is 0.231 e. The number of para-hydroxylation sites is 1. The van der Waals surface area contributed by atoms with Crippen LogP contribution >= 0.6 is 11.3 Å². The van der Waals surface area contributed by atoms with Crippen LogP contribution in [0.5, 0.6) is 5.75 Å². The highest BCUT2D eigenvalue weighted by Gasteiger charge is 2.38. The van der Waals surface area contributed by atoms with E-state index in [2.05, 4.69) is 15.5 Å². The molecule has 2 aromatic rings. The molecule has 4 rings (SSSR count). The van der Waals surface area contributed by atoms with E-state index in [9.17, 15) is 9.59 Å². The Morgan fingerprint density at radius 1 is 1.21 bits per heavy atom. The lowest BCUT2D eigenvalue weighted by molar-refractivity contribution is -0.129. The topological polar surface area (TPSA) is 84.4 Å². The first kappa shape index (κ1) is 19.8. The highest BCUT2D eigenvalue weighted by Crippen LogP contribution is 2.30. The second-order valence-corrected chi connectivity index (χ2v) is 8.70. The van der Waals surface area contributed by atoms with Crippen LogP contribution in [0.3, 0.4) is 0 Å². The molecule has 0 unspecified atom stereocenters. The molecule has 7 nitrogen and oxygen atoms in total. The van der Waals surface area contributed by atoms with Gasteiger partial charge in [0.25, 0.3) is 0 Å². The summed E-state index contributed by atoms with van der Waals surface area (Å²) in [7, 11) is 0. The number of ether oxygens (including phenoxy) is 1. The van der Waals surface area contributed by atoms with E-state index in [1.807, 2.05) is 35.2 Å². The quantitative estimate of drug-likeness (QED) is 0.670. The molecular formula is C21H26N4O3S. The zero-order chi connectivity index (χ0) is 20.1. The maximum absolute atomic E-state index is 12.6. The molecule has 1 N–H and O–H groups in total. The summed E-state index contributed by atoms with van der Waals surface area (Å²) >= 11 is 1.38. The van der Waals surface area contributed by atoms with Crippen LogP contribution < -0.4 is 10.1 Å². The van der Waals surface area contributed by atoms with Gasteiger partial charge in [0.05, 0.1) is 12.5 Å². The molecule has 29 heavy (non-hydrogen) atoms. The minimum Gasteiger partial charge on any atom is -0.494 e. The van der Waals surface area contributed by atoms with E-state index in [1.54, 1.807) is 0 Å². The summed E-state index contributed by atoms with van der Waals surface area (Å²) in [5.41, 5.74) is 0. The van der Waals surface area contributed by atoms with Crippen molar-refractivity contribution in [2.45, 2.75) is 51.0 Å². The second-order valence-electron chi connectivity index (χ2n) is 7.64. The van der Waals surface area contributed by atoms with Gasteiger partial charge in [-0.2, -0.15) is 0 Å². The molecule has 2 heterocycles. The zero-order valence-electron chi connectivity index (χ0n) is 16.4. The summed E-state index contributed by atoms with van der Waals surface area (Å²) in [6.07, 6.45) is 6.35. The fourth-order valence-electron chi connectivity index (χ4n) is 4.02. The molecule has 1 aromatic heterocycles. The van der Waals surface area contributed by atoms with Gasteiger partial charge in [-0.05, 0) is 31.4 Å². The van der Waals surface area contributed by atoms with Crippen molar-refractivity contribution in [3.8, 4) is 5.75 Å². The minimum absolute atomic E-state index is 0.105. The van der Waals surface area contributed by atoms with E-state index >= 15 is 0 Å². The number of anilines is 1. The van der Waals surface area contributed by atoms with Crippen molar-refractivity contribution >= 4 is 28.3 Å². The molecule has 1 aliphatic heterocycles. The number of carbonyl (C=O) groups excluding carboxylic acids is 2. The van der Waals surface area contributed by atoms with Crippen molar-refractivity contribution in [3.05, 3.63) is 35.3 Å². The average Bonchev–Trinajstić information content (AvgIpc) is 3.47. The molecule has 8 heteroatoms. The summed E-state index contributed by atoms with van der Waals surface area (Å²) in [6, 6.07) is 10.0. The lowest BCUT2D eigenvalue weighted by Gasteiger charge is -2.23. The van der Waals surface area contributed by atoms with Crippen LogP contribution in [0.25, 0.3) is 0 Å². The maximum atomic E-state index is 12.6. The number of nitrogens with one attached hydrogen (secondary N) is 1. The van der Waals surface area contributed by atoms with Crippen LogP contribution in [0.4, 0.5) is 5.13 Å². The number of amides is 2. The van der Waals surface area contributed by atoms with Crippen molar-refractivity contribution in [3.63, 3.8) is 0 Å². The molecule has 2 amide bonds. The number of aryl methyl sites for hydroxylation is 1. The molecule has 0 bridgehead atoms. The van der Waals surface area contributed by atoms with E-state index in [4.69, 9.17) is 4.74 Å². The Balaban J connectivity index is 1.21. The summed E-state index contributed by atoms with van der Waals surface area (Å²) in [5, 5.41) is 12.4. The second kappa shape index (κ2) is 9.35. The number of rotatable bonds is 8. The molecule has 1 atom stereocenters. The lowest BCUT2D eigenvalue weighted by atomic mass is 10.1. The largest absolute Gasteiger partial charge is 0.494 e. The third kappa shape index (κ3) is 5.12. The Morgan fingerprint density at radius 2 is 2.00 bits per heavy atom. The molecular weight excluding hydrogens is 388 g/mol. The number of hydrogen-bond acceptors (Lipinski definition) is 6. The third-order valence-corrected chi connectivity index (χ3v) is 6.44. The van der Waals surface area contributed by atoms with Gasteiger partial charge in [0.2, 0.25) is 16.9 Å². The highest BCUT2D eigenvalue weighted by atomic mass is 32.1. The molecule has 0 radical (unpaired) electrons. The highest BCUT2D eigenvalue weighted by molar-refractivity contribution is 7.15. The van der Waals surface area contributed by atoms with E-state index in [0.29, 0.717) is 30.7 Å². The monoisotopic (exact) mass is 414 g/mol. The molecule has 154 valence electrons. The molecule has 1 aliphatic carbocycles. The van der Waals surface area contributed by atoms with Gasteiger partial charge in [-0.1, -0.05) is 42.4 Å². The van der Waals surface area contributed by atoms with Crippen LogP contribution in [0.15, 0.2) is 30.3 Å². The van der Waals surface area contributed by atoms with E-state index in [0.717, 1.165) is 36.4 Å². The average molecular weight is 415 g/mol. The maximum Gasteiger partial charge on any atom is 0.231 e. The van der Waals surface area contributed by atoms with Crippen LogP contribution in [0.2, 0.25) is 0 Å². The van der Waals surface area contributed by atoms with Crippen molar-refractivity contribution in [1.82, 2.24) is 15.1 Å². The first-order valence-electron chi connectivity index (χ1n) is 10.3. The van der Waals surface area contributed by atoms with Crippen molar-refractivity contribution in [2.24, 2.45) is 5.92 Å². The van der Waals surface area contributed by atoms with Crippen molar-refractivity contribution in [2.75, 3.05) is 18.5 Å². The predicted octanol–water partition coefficient (Wildman–Crippen LogP) is 3.28. The van der Waals surface area contributed by atoms with E-state index < -0.39 is 0 Å². The van der Waals surface area contributed by atoms with Gasteiger partial charge in [-0.15, -0.1) is 10.2 Å². The molecule has 2 fully saturated rings. The van der Waals surface area contributed by atoms with Gasteiger partial charge in [-0.25, -0.2) is 0 Å². The van der Waals surface area contributed by atoms with Gasteiger partial charge < -0.3 is 15.0 Å². The van der Waals surface area contributed by atoms with Gasteiger partial charge in [-0.3, -0.25) is 9.59 Å². The van der Waals surface area contributed by atoms with Crippen molar-refractivity contribution < 1.29 is 14.3 Å².